The molecule has 0 aromatic rings. The van der Waals surface area contributed by atoms with Crippen LogP contribution in [-0.2, 0) is 4.74 Å². The fraction of sp³-hybridized carbons (Fsp3) is 1.00. The van der Waals surface area contributed by atoms with E-state index in [0.29, 0.717) is 0 Å². The quantitative estimate of drug-likeness (QED) is 0.265. The third-order valence-electron chi connectivity index (χ3n) is 2.13. The van der Waals surface area contributed by atoms with E-state index in [4.69, 9.17) is 35.7 Å². The van der Waals surface area contributed by atoms with Crippen molar-refractivity contribution >= 4 is 0 Å². The van der Waals surface area contributed by atoms with Crippen molar-refractivity contribution in [3.05, 3.63) is 0 Å². The van der Waals surface area contributed by atoms with Gasteiger partial charge >= 0.3 is 0 Å². The molecule has 1 saturated heterocycles. The third kappa shape index (κ3) is 5.23. The van der Waals surface area contributed by atoms with Crippen LogP contribution in [0.2, 0.25) is 0 Å². The Balaban J connectivity index is 0.000000437. The van der Waals surface area contributed by atoms with Crippen molar-refractivity contribution in [1.29, 1.82) is 0 Å². The summed E-state index contributed by atoms with van der Waals surface area (Å²) in [6, 6.07) is 0. The van der Waals surface area contributed by atoms with Gasteiger partial charge in [0.25, 0.3) is 0 Å². The molecule has 1 heterocycles. The van der Waals surface area contributed by atoms with Crippen LogP contribution in [0.5, 0.6) is 0 Å². The Hall–Kier alpha value is -0.320. The predicted molar refractivity (Wildman–Crippen MR) is 54.8 cm³/mol. The van der Waals surface area contributed by atoms with Gasteiger partial charge in [-0.1, -0.05) is 0 Å². The van der Waals surface area contributed by atoms with E-state index in [-0.39, 0.29) is 6.61 Å². The first-order valence-electron chi connectivity index (χ1n) is 5.12. The normalized spacial score (nSPS) is 39.2. The van der Waals surface area contributed by atoms with Gasteiger partial charge in [-0.3, -0.25) is 0 Å². The highest BCUT2D eigenvalue weighted by Gasteiger charge is 2.42. The lowest BCUT2D eigenvalue weighted by Gasteiger charge is -2.37. The van der Waals surface area contributed by atoms with Crippen LogP contribution in [0, 0.1) is 0 Å². The van der Waals surface area contributed by atoms with Crippen LogP contribution in [0.3, 0.4) is 0 Å². The minimum Gasteiger partial charge on any atom is -0.394 e. The predicted octanol–water partition coefficient (Wildman–Crippen LogP) is -3.86. The van der Waals surface area contributed by atoms with Crippen LogP contribution in [0.15, 0.2) is 0 Å². The fourth-order valence-corrected chi connectivity index (χ4v) is 1.08. The van der Waals surface area contributed by atoms with Gasteiger partial charge in [-0.05, 0) is 6.92 Å². The minimum absolute atomic E-state index is 0.139. The van der Waals surface area contributed by atoms with Crippen LogP contribution in [-0.4, -0.2) is 85.8 Å². The fourth-order valence-electron chi connectivity index (χ4n) is 1.08. The second-order valence-corrected chi connectivity index (χ2v) is 3.75. The Kier molecular flexibility index (Phi) is 7.75. The topological polar surface area (TPSA) is 151 Å². The number of rotatable bonds is 2. The van der Waals surface area contributed by atoms with E-state index in [0.717, 1.165) is 0 Å². The van der Waals surface area contributed by atoms with E-state index in [2.05, 4.69) is 4.74 Å². The highest BCUT2D eigenvalue weighted by atomic mass is 16.6. The monoisotopic (exact) mass is 256 g/mol. The summed E-state index contributed by atoms with van der Waals surface area (Å²) in [5, 5.41) is 60.7. The van der Waals surface area contributed by atoms with Crippen molar-refractivity contribution in [2.45, 2.75) is 43.7 Å². The van der Waals surface area contributed by atoms with Gasteiger partial charge < -0.3 is 40.5 Å². The second kappa shape index (κ2) is 7.90. The Morgan fingerprint density at radius 2 is 1.47 bits per heavy atom. The van der Waals surface area contributed by atoms with Gasteiger partial charge in [0.05, 0.1) is 19.3 Å². The maximum absolute atomic E-state index is 9.12. The van der Waals surface area contributed by atoms with Gasteiger partial charge in [0.15, 0.2) is 6.29 Å². The SMILES string of the molecule is CC(O)CO.OC[C@H]1OC(O)[C@H](O)[C@@H](O)[C@@H]1O. The first kappa shape index (κ1) is 16.7. The number of hydrogen-bond donors (Lipinski definition) is 7. The van der Waals surface area contributed by atoms with Crippen molar-refractivity contribution in [2.75, 3.05) is 13.2 Å². The van der Waals surface area contributed by atoms with Gasteiger partial charge in [0.1, 0.15) is 24.4 Å². The highest BCUT2D eigenvalue weighted by Crippen LogP contribution is 2.18. The zero-order valence-electron chi connectivity index (χ0n) is 9.42. The smallest absolute Gasteiger partial charge is 0.184 e. The Morgan fingerprint density at radius 1 is 1.00 bits per heavy atom. The molecular weight excluding hydrogens is 236 g/mol. The lowest BCUT2D eigenvalue weighted by Crippen LogP contribution is -2.58. The zero-order chi connectivity index (χ0) is 13.6. The molecule has 1 rings (SSSR count). The largest absolute Gasteiger partial charge is 0.394 e. The lowest BCUT2D eigenvalue weighted by atomic mass is 10.00. The molecule has 8 nitrogen and oxygen atoms in total. The van der Waals surface area contributed by atoms with Crippen LogP contribution < -0.4 is 0 Å². The van der Waals surface area contributed by atoms with Crippen LogP contribution in [0.1, 0.15) is 6.92 Å². The van der Waals surface area contributed by atoms with Crippen LogP contribution >= 0.6 is 0 Å². The van der Waals surface area contributed by atoms with Gasteiger partial charge in [0.2, 0.25) is 0 Å². The van der Waals surface area contributed by atoms with E-state index in [9.17, 15) is 0 Å². The number of aliphatic hydroxyl groups excluding tert-OH is 7. The molecule has 104 valence electrons. The molecule has 0 amide bonds. The van der Waals surface area contributed by atoms with E-state index in [1.165, 1.54) is 6.92 Å². The van der Waals surface area contributed by atoms with Crippen molar-refractivity contribution < 1.29 is 40.5 Å². The van der Waals surface area contributed by atoms with Crippen molar-refractivity contribution in [2.24, 2.45) is 0 Å². The summed E-state index contributed by atoms with van der Waals surface area (Å²) in [5.41, 5.74) is 0. The molecule has 1 aliphatic heterocycles. The molecule has 8 heteroatoms. The summed E-state index contributed by atoms with van der Waals surface area (Å²) in [7, 11) is 0. The second-order valence-electron chi connectivity index (χ2n) is 3.75. The van der Waals surface area contributed by atoms with Crippen LogP contribution in [0.4, 0.5) is 0 Å². The molecule has 2 unspecified atom stereocenters. The molecule has 0 spiro atoms. The standard InChI is InChI=1S/C6H12O6.C3H8O2/c7-1-2-3(8)4(9)5(10)6(11)12-2;1-3(5)2-4/h2-11H,1H2;3-5H,2H2,1H3/t2-,3-,4+,5-,6?;/m1./s1. The zero-order valence-corrected chi connectivity index (χ0v) is 9.42. The maximum atomic E-state index is 9.12. The Morgan fingerprint density at radius 3 is 1.82 bits per heavy atom. The van der Waals surface area contributed by atoms with Gasteiger partial charge in [-0.15, -0.1) is 0 Å². The molecular formula is C9H20O8. The molecule has 0 bridgehead atoms. The lowest BCUT2D eigenvalue weighted by molar-refractivity contribution is -0.286. The van der Waals surface area contributed by atoms with E-state index < -0.39 is 43.4 Å². The molecule has 0 saturated carbocycles. The summed E-state index contributed by atoms with van der Waals surface area (Å²) >= 11 is 0. The first-order chi connectivity index (χ1) is 7.84. The summed E-state index contributed by atoms with van der Waals surface area (Å²) in [5.74, 6) is 0. The molecule has 0 aromatic heterocycles. The Labute approximate surface area is 98.3 Å². The number of ether oxygens (including phenoxy) is 1. The third-order valence-corrected chi connectivity index (χ3v) is 2.13. The molecule has 6 atom stereocenters. The minimum atomic E-state index is -1.57. The van der Waals surface area contributed by atoms with Gasteiger partial charge in [-0.25, -0.2) is 0 Å². The summed E-state index contributed by atoms with van der Waals surface area (Å²) in [4.78, 5) is 0. The molecule has 0 radical (unpaired) electrons. The van der Waals surface area contributed by atoms with E-state index >= 15 is 0 Å². The number of aliphatic hydroxyl groups is 7. The molecule has 0 aromatic carbocycles. The first-order valence-corrected chi connectivity index (χ1v) is 5.12. The summed E-state index contributed by atoms with van der Waals surface area (Å²) in [6.07, 6.45) is -7.60. The Bertz CT molecular complexity index is 195. The van der Waals surface area contributed by atoms with E-state index in [1.807, 2.05) is 0 Å². The number of hydrogen-bond acceptors (Lipinski definition) is 8. The molecule has 17 heavy (non-hydrogen) atoms. The van der Waals surface area contributed by atoms with Gasteiger partial charge in [0, 0.05) is 0 Å². The van der Waals surface area contributed by atoms with Crippen molar-refractivity contribution in [3.63, 3.8) is 0 Å². The maximum Gasteiger partial charge on any atom is 0.184 e. The average Bonchev–Trinajstić information content (AvgIpc) is 2.31. The van der Waals surface area contributed by atoms with Gasteiger partial charge in [-0.2, -0.15) is 0 Å². The van der Waals surface area contributed by atoms with E-state index in [1.54, 1.807) is 0 Å². The van der Waals surface area contributed by atoms with Crippen molar-refractivity contribution in [1.82, 2.24) is 0 Å². The molecule has 7 N–H and O–H groups in total. The van der Waals surface area contributed by atoms with Crippen molar-refractivity contribution in [3.8, 4) is 0 Å². The molecule has 0 aliphatic carbocycles. The summed E-state index contributed by atoms with van der Waals surface area (Å²) in [6.45, 7) is 0.863. The molecule has 1 aliphatic rings. The molecule has 1 fully saturated rings. The highest BCUT2D eigenvalue weighted by molar-refractivity contribution is 4.87. The summed E-state index contributed by atoms with van der Waals surface area (Å²) < 4.78 is 4.58. The van der Waals surface area contributed by atoms with Crippen LogP contribution in [0.25, 0.3) is 0 Å². The average molecular weight is 256 g/mol.